The lowest BCUT2D eigenvalue weighted by molar-refractivity contribution is 0.0783. The molecule has 1 aromatic rings. The molecule has 0 atom stereocenters. The Morgan fingerprint density at radius 3 is 2.83 bits per heavy atom. The molecule has 4 heteroatoms. The number of aryl methyl sites for hydroxylation is 1. The lowest BCUT2D eigenvalue weighted by Crippen LogP contribution is -2.03. The summed E-state index contributed by atoms with van der Waals surface area (Å²) >= 11 is 2.61. The first kappa shape index (κ1) is 9.06. The maximum Gasteiger partial charge on any atom is 0.351 e. The van der Waals surface area contributed by atoms with Crippen LogP contribution >= 0.6 is 16.3 Å². The lowest BCUT2D eigenvalue weighted by Gasteiger charge is -2.02. The summed E-state index contributed by atoms with van der Waals surface area (Å²) in [6.07, 6.45) is 0. The van der Waals surface area contributed by atoms with Crippen molar-refractivity contribution in [3.8, 4) is 0 Å². The summed E-state index contributed by atoms with van der Waals surface area (Å²) in [5, 5.41) is 0. The molecule has 0 heterocycles. The molecule has 0 spiro atoms. The Kier molecular flexibility index (Phi) is 2.70. The minimum absolute atomic E-state index is 0.381. The Hall–Kier alpha value is -1.03. The SMILES string of the molecule is Cc1ccc(N)c(C(=O)OBr)c1. The number of hydrogen-bond donors (Lipinski definition) is 1. The fraction of sp³-hybridized carbons (Fsp3) is 0.125. The van der Waals surface area contributed by atoms with Crippen LogP contribution in [0.1, 0.15) is 15.9 Å². The Bertz CT molecular complexity index is 312. The molecule has 0 radical (unpaired) electrons. The van der Waals surface area contributed by atoms with Crippen molar-refractivity contribution in [2.75, 3.05) is 5.73 Å². The van der Waals surface area contributed by atoms with E-state index in [4.69, 9.17) is 5.73 Å². The van der Waals surface area contributed by atoms with E-state index in [1.54, 1.807) is 12.1 Å². The van der Waals surface area contributed by atoms with Gasteiger partial charge in [0.1, 0.15) is 0 Å². The number of carbonyl (C=O) groups excluding carboxylic acids is 1. The molecule has 0 bridgehead atoms. The van der Waals surface area contributed by atoms with Crippen LogP contribution in [0.25, 0.3) is 0 Å². The molecule has 0 fully saturated rings. The van der Waals surface area contributed by atoms with Crippen molar-refractivity contribution >= 4 is 27.9 Å². The van der Waals surface area contributed by atoms with E-state index >= 15 is 0 Å². The second kappa shape index (κ2) is 3.58. The number of nitrogen functional groups attached to an aromatic ring is 1. The van der Waals surface area contributed by atoms with Gasteiger partial charge in [0, 0.05) is 5.69 Å². The van der Waals surface area contributed by atoms with Crippen molar-refractivity contribution in [2.24, 2.45) is 0 Å². The molecule has 0 unspecified atom stereocenters. The van der Waals surface area contributed by atoms with Crippen LogP contribution in [0.3, 0.4) is 0 Å². The zero-order valence-corrected chi connectivity index (χ0v) is 8.09. The average Bonchev–Trinajstić information content (AvgIpc) is 2.08. The fourth-order valence-corrected chi connectivity index (χ4v) is 1.06. The predicted molar refractivity (Wildman–Crippen MR) is 49.9 cm³/mol. The first-order valence-corrected chi connectivity index (χ1v) is 3.99. The monoisotopic (exact) mass is 229 g/mol. The number of hydrogen-bond acceptors (Lipinski definition) is 3. The highest BCUT2D eigenvalue weighted by Gasteiger charge is 2.09. The summed E-state index contributed by atoms with van der Waals surface area (Å²) in [7, 11) is 0. The third kappa shape index (κ3) is 1.76. The molecule has 1 aromatic carbocycles. The van der Waals surface area contributed by atoms with Gasteiger partial charge in [0.05, 0.1) is 5.56 Å². The van der Waals surface area contributed by atoms with Crippen LogP contribution in [0.5, 0.6) is 0 Å². The highest BCUT2D eigenvalue weighted by molar-refractivity contribution is 9.06. The quantitative estimate of drug-likeness (QED) is 0.751. The number of halogens is 1. The number of carbonyl (C=O) groups is 1. The summed E-state index contributed by atoms with van der Waals surface area (Å²) in [4.78, 5) is 11.0. The van der Waals surface area contributed by atoms with Crippen molar-refractivity contribution in [3.63, 3.8) is 0 Å². The van der Waals surface area contributed by atoms with Gasteiger partial charge in [-0.15, -0.1) is 0 Å². The molecular weight excluding hydrogens is 222 g/mol. The van der Waals surface area contributed by atoms with Crippen LogP contribution in [-0.2, 0) is 3.83 Å². The van der Waals surface area contributed by atoms with Crippen molar-refractivity contribution < 1.29 is 8.62 Å². The second-order valence-corrected chi connectivity index (χ2v) is 2.78. The zero-order chi connectivity index (χ0) is 9.14. The average molecular weight is 230 g/mol. The van der Waals surface area contributed by atoms with E-state index in [2.05, 4.69) is 20.1 Å². The lowest BCUT2D eigenvalue weighted by atomic mass is 10.1. The van der Waals surface area contributed by atoms with Crippen LogP contribution in [0, 0.1) is 6.92 Å². The van der Waals surface area contributed by atoms with Crippen LogP contribution in [-0.4, -0.2) is 5.97 Å². The Morgan fingerprint density at radius 1 is 1.58 bits per heavy atom. The molecule has 0 saturated heterocycles. The molecule has 64 valence electrons. The van der Waals surface area contributed by atoms with E-state index in [9.17, 15) is 4.79 Å². The van der Waals surface area contributed by atoms with Crippen molar-refractivity contribution in [2.45, 2.75) is 6.92 Å². The minimum Gasteiger partial charge on any atom is -0.398 e. The first-order valence-electron chi connectivity index (χ1n) is 3.34. The molecule has 0 aliphatic heterocycles. The maximum absolute atomic E-state index is 11.0. The van der Waals surface area contributed by atoms with Crippen LogP contribution in [0.2, 0.25) is 0 Å². The van der Waals surface area contributed by atoms with Crippen LogP contribution < -0.4 is 5.73 Å². The fourth-order valence-electron chi connectivity index (χ4n) is 0.888. The van der Waals surface area contributed by atoms with Gasteiger partial charge in [-0.3, -0.25) is 0 Å². The van der Waals surface area contributed by atoms with E-state index in [1.807, 2.05) is 13.0 Å². The van der Waals surface area contributed by atoms with E-state index in [1.165, 1.54) is 0 Å². The molecular formula is C8H8BrNO2. The van der Waals surface area contributed by atoms with Crippen LogP contribution in [0.15, 0.2) is 18.2 Å². The molecule has 0 aliphatic rings. The van der Waals surface area contributed by atoms with Gasteiger partial charge in [0.25, 0.3) is 0 Å². The molecule has 0 amide bonds. The highest BCUT2D eigenvalue weighted by atomic mass is 79.9. The molecule has 2 N–H and O–H groups in total. The zero-order valence-electron chi connectivity index (χ0n) is 6.50. The number of benzene rings is 1. The molecule has 12 heavy (non-hydrogen) atoms. The molecule has 3 nitrogen and oxygen atoms in total. The normalized spacial score (nSPS) is 9.50. The van der Waals surface area contributed by atoms with Gasteiger partial charge in [-0.1, -0.05) is 11.6 Å². The van der Waals surface area contributed by atoms with Gasteiger partial charge in [0.15, 0.2) is 16.3 Å². The summed E-state index contributed by atoms with van der Waals surface area (Å²) in [6, 6.07) is 5.19. The van der Waals surface area contributed by atoms with Gasteiger partial charge >= 0.3 is 5.97 Å². The van der Waals surface area contributed by atoms with E-state index in [-0.39, 0.29) is 0 Å². The van der Waals surface area contributed by atoms with Crippen molar-refractivity contribution in [1.82, 2.24) is 0 Å². The van der Waals surface area contributed by atoms with Gasteiger partial charge in [-0.25, -0.2) is 4.79 Å². The number of nitrogens with two attached hydrogens (primary N) is 1. The number of anilines is 1. The maximum atomic E-state index is 11.0. The Labute approximate surface area is 79.0 Å². The van der Waals surface area contributed by atoms with E-state index in [0.717, 1.165) is 5.56 Å². The van der Waals surface area contributed by atoms with Gasteiger partial charge in [-0.2, -0.15) is 0 Å². The molecule has 0 aromatic heterocycles. The van der Waals surface area contributed by atoms with E-state index in [0.29, 0.717) is 11.3 Å². The molecule has 0 saturated carbocycles. The predicted octanol–water partition coefficient (Wildman–Crippen LogP) is 2.04. The minimum atomic E-state index is -0.476. The van der Waals surface area contributed by atoms with Crippen LogP contribution in [0.4, 0.5) is 5.69 Å². The first-order chi connectivity index (χ1) is 5.65. The molecule has 0 aliphatic carbocycles. The largest absolute Gasteiger partial charge is 0.398 e. The number of rotatable bonds is 1. The summed E-state index contributed by atoms with van der Waals surface area (Å²) in [5.74, 6) is -0.476. The Balaban J connectivity index is 3.13. The van der Waals surface area contributed by atoms with Gasteiger partial charge < -0.3 is 9.56 Å². The summed E-state index contributed by atoms with van der Waals surface area (Å²) in [6.45, 7) is 1.88. The topological polar surface area (TPSA) is 52.3 Å². The van der Waals surface area contributed by atoms with E-state index < -0.39 is 5.97 Å². The standard InChI is InChI=1S/C8H8BrNO2/c1-5-2-3-7(10)6(4-5)8(11)12-9/h2-4H,10H2,1H3. The van der Waals surface area contributed by atoms with Crippen molar-refractivity contribution in [3.05, 3.63) is 29.3 Å². The van der Waals surface area contributed by atoms with Gasteiger partial charge in [-0.05, 0) is 19.1 Å². The third-order valence-corrected chi connectivity index (χ3v) is 1.79. The van der Waals surface area contributed by atoms with Gasteiger partial charge in [0.2, 0.25) is 0 Å². The molecule has 1 rings (SSSR count). The smallest absolute Gasteiger partial charge is 0.351 e. The summed E-state index contributed by atoms with van der Waals surface area (Å²) < 4.78 is 4.37. The Morgan fingerprint density at radius 2 is 2.25 bits per heavy atom. The third-order valence-electron chi connectivity index (χ3n) is 1.50. The second-order valence-electron chi connectivity index (χ2n) is 2.46. The summed E-state index contributed by atoms with van der Waals surface area (Å²) in [5.41, 5.74) is 7.32. The van der Waals surface area contributed by atoms with Crippen molar-refractivity contribution in [1.29, 1.82) is 0 Å². The highest BCUT2D eigenvalue weighted by Crippen LogP contribution is 2.15.